The number of methoxy groups -OCH3 is 1. The van der Waals surface area contributed by atoms with Gasteiger partial charge >= 0.3 is 35.8 Å². The average Bonchev–Trinajstić information content (AvgIpc) is 3.41. The monoisotopic (exact) mass is 862 g/mol. The summed E-state index contributed by atoms with van der Waals surface area (Å²) in [6, 6.07) is 9.33. The number of esters is 5. The van der Waals surface area contributed by atoms with Crippen molar-refractivity contribution in [1.82, 2.24) is 0 Å². The minimum absolute atomic E-state index is 0.149. The van der Waals surface area contributed by atoms with Crippen molar-refractivity contribution in [2.45, 2.75) is 129 Å². The molecule has 2 fully saturated rings. The van der Waals surface area contributed by atoms with E-state index in [2.05, 4.69) is 6.58 Å². The summed E-state index contributed by atoms with van der Waals surface area (Å²) in [5.74, 6) is -11.2. The fourth-order valence-electron chi connectivity index (χ4n) is 7.32. The van der Waals surface area contributed by atoms with Gasteiger partial charge in [0, 0.05) is 32.4 Å². The van der Waals surface area contributed by atoms with Crippen molar-refractivity contribution < 1.29 is 82.0 Å². The molecule has 10 atom stereocenters. The van der Waals surface area contributed by atoms with Crippen LogP contribution in [-0.2, 0) is 73.1 Å². The molecule has 61 heavy (non-hydrogen) atoms. The quantitative estimate of drug-likeness (QED) is 0.0373. The van der Waals surface area contributed by atoms with E-state index in [9.17, 15) is 44.1 Å². The van der Waals surface area contributed by atoms with Gasteiger partial charge in [-0.3, -0.25) is 9.59 Å². The number of carboxylic acid groups (broad SMARTS) is 1. The van der Waals surface area contributed by atoms with Crippen LogP contribution in [0.15, 0.2) is 54.6 Å². The highest BCUT2D eigenvalue weighted by Crippen LogP contribution is 2.56. The number of carboxylic acids is 1. The van der Waals surface area contributed by atoms with Crippen molar-refractivity contribution in [3.8, 4) is 0 Å². The zero-order valence-corrected chi connectivity index (χ0v) is 36.5. The fraction of sp³-hybridized carbons (Fsp3) is 0.636. The number of ether oxygens (including phenoxy) is 8. The number of aliphatic hydroxyl groups excluding tert-OH is 1. The number of hydrogen-bond acceptors (Lipinski definition) is 16. The number of aliphatic hydroxyl groups is 2. The summed E-state index contributed by atoms with van der Waals surface area (Å²) in [7, 11) is 1.30. The van der Waals surface area contributed by atoms with Crippen LogP contribution in [0.4, 0.5) is 0 Å². The Labute approximate surface area is 356 Å². The molecule has 2 bridgehead atoms. The summed E-state index contributed by atoms with van der Waals surface area (Å²) >= 11 is 0. The molecule has 340 valence electrons. The molecule has 17 nitrogen and oxygen atoms in total. The van der Waals surface area contributed by atoms with E-state index in [4.69, 9.17) is 37.9 Å². The first kappa shape index (κ1) is 50.7. The van der Waals surface area contributed by atoms with E-state index in [-0.39, 0.29) is 30.4 Å². The van der Waals surface area contributed by atoms with Gasteiger partial charge in [-0.25, -0.2) is 19.2 Å². The second-order valence-electron chi connectivity index (χ2n) is 16.9. The molecule has 1 aromatic rings. The molecule has 2 heterocycles. The van der Waals surface area contributed by atoms with E-state index in [1.165, 1.54) is 40.9 Å². The van der Waals surface area contributed by atoms with Crippen molar-refractivity contribution in [3.05, 3.63) is 60.2 Å². The van der Waals surface area contributed by atoms with Gasteiger partial charge in [0.15, 0.2) is 6.10 Å². The third kappa shape index (κ3) is 11.8. The van der Waals surface area contributed by atoms with E-state index in [1.807, 2.05) is 58.0 Å². The van der Waals surface area contributed by atoms with Gasteiger partial charge in [-0.2, -0.15) is 0 Å². The van der Waals surface area contributed by atoms with Crippen molar-refractivity contribution in [2.24, 2.45) is 23.2 Å². The number of carbonyl (C=O) groups is 6. The van der Waals surface area contributed by atoms with Crippen LogP contribution in [0, 0.1) is 23.2 Å². The van der Waals surface area contributed by atoms with Crippen molar-refractivity contribution in [2.75, 3.05) is 27.1 Å². The maximum Gasteiger partial charge on any atom is 0.348 e. The highest BCUT2D eigenvalue weighted by Gasteiger charge is 2.86. The average molecular weight is 863 g/mol. The highest BCUT2D eigenvalue weighted by atomic mass is 16.8. The smallest absolute Gasteiger partial charge is 0.348 e. The lowest BCUT2D eigenvalue weighted by Gasteiger charge is -2.49. The number of aliphatic carboxylic acids is 1. The summed E-state index contributed by atoms with van der Waals surface area (Å²) in [4.78, 5) is 80.1. The van der Waals surface area contributed by atoms with Crippen LogP contribution in [0.2, 0.25) is 0 Å². The maximum atomic E-state index is 14.1. The van der Waals surface area contributed by atoms with E-state index >= 15 is 0 Å². The van der Waals surface area contributed by atoms with Gasteiger partial charge < -0.3 is 53.2 Å². The molecule has 2 saturated heterocycles. The SMILES string of the molecule is C=C(CCC12OC(C(=O)OCCOC)C(O)(C(=O)OCOC(=O)C(C)(C)C)C(C(=O)O)(O1)[C@H](OC(=O)/C=C/[C@@H](C)C[C@@H](C)CC)[C@H]2O)[C@@H](OC(C)=O)[C@H](C)Cc1ccccc1. The topological polar surface area (TPSA) is 237 Å². The summed E-state index contributed by atoms with van der Waals surface area (Å²) in [5.41, 5.74) is -7.26. The molecule has 0 amide bonds. The van der Waals surface area contributed by atoms with Crippen LogP contribution in [0.1, 0.15) is 86.6 Å². The number of carbonyl (C=O) groups excluding carboxylic acids is 5. The summed E-state index contributed by atoms with van der Waals surface area (Å²) < 4.78 is 43.6. The largest absolute Gasteiger partial charge is 0.479 e. The maximum absolute atomic E-state index is 14.1. The Bertz CT molecular complexity index is 1750. The van der Waals surface area contributed by atoms with Crippen LogP contribution in [0.5, 0.6) is 0 Å². The zero-order chi connectivity index (χ0) is 45.9. The van der Waals surface area contributed by atoms with E-state index in [0.29, 0.717) is 18.8 Å². The lowest BCUT2D eigenvalue weighted by Crippen LogP contribution is -2.78. The molecule has 2 aliphatic rings. The molecule has 0 saturated carbocycles. The number of benzene rings is 1. The van der Waals surface area contributed by atoms with E-state index in [1.54, 1.807) is 0 Å². The molecule has 0 aliphatic carbocycles. The predicted octanol–water partition coefficient (Wildman–Crippen LogP) is 3.99. The molecule has 1 aromatic carbocycles. The lowest BCUT2D eigenvalue weighted by molar-refractivity contribution is -0.375. The van der Waals surface area contributed by atoms with Crippen LogP contribution in [-0.4, -0.2) is 120 Å². The van der Waals surface area contributed by atoms with Gasteiger partial charge in [0.1, 0.15) is 18.8 Å². The van der Waals surface area contributed by atoms with Crippen molar-refractivity contribution in [3.63, 3.8) is 0 Å². The fourth-order valence-corrected chi connectivity index (χ4v) is 7.32. The van der Waals surface area contributed by atoms with Gasteiger partial charge in [-0.05, 0) is 63.0 Å². The number of rotatable bonds is 22. The van der Waals surface area contributed by atoms with Crippen LogP contribution in [0.3, 0.4) is 0 Å². The molecular formula is C44H62O17. The molecule has 3 N–H and O–H groups in total. The van der Waals surface area contributed by atoms with Crippen molar-refractivity contribution >= 4 is 35.8 Å². The molecular weight excluding hydrogens is 800 g/mol. The Balaban J connectivity index is 2.17. The first-order valence-corrected chi connectivity index (χ1v) is 20.3. The number of allylic oxidation sites excluding steroid dienone is 1. The van der Waals surface area contributed by atoms with Crippen LogP contribution >= 0.6 is 0 Å². The number of fused-ring (bicyclic) bond motifs is 2. The second-order valence-corrected chi connectivity index (χ2v) is 16.9. The second kappa shape index (κ2) is 21.4. The molecule has 17 heteroatoms. The van der Waals surface area contributed by atoms with Gasteiger partial charge in [0.2, 0.25) is 29.9 Å². The molecule has 0 radical (unpaired) electrons. The zero-order valence-electron chi connectivity index (χ0n) is 36.5. The van der Waals surface area contributed by atoms with Gasteiger partial charge in [0.05, 0.1) is 12.0 Å². The normalized spacial score (nSPS) is 26.6. The van der Waals surface area contributed by atoms with Gasteiger partial charge in [-0.1, -0.05) is 77.1 Å². The van der Waals surface area contributed by atoms with E-state index in [0.717, 1.165) is 18.1 Å². The first-order valence-electron chi connectivity index (χ1n) is 20.3. The van der Waals surface area contributed by atoms with Crippen LogP contribution < -0.4 is 0 Å². The predicted molar refractivity (Wildman–Crippen MR) is 215 cm³/mol. The summed E-state index contributed by atoms with van der Waals surface area (Å²) in [6.45, 7) is 15.7. The molecule has 0 aromatic heterocycles. The Kier molecular flexibility index (Phi) is 17.8. The van der Waals surface area contributed by atoms with Crippen LogP contribution in [0.25, 0.3) is 0 Å². The molecule has 4 unspecified atom stereocenters. The molecule has 2 aliphatic heterocycles. The summed E-state index contributed by atoms with van der Waals surface area (Å²) in [5, 5.41) is 35.7. The van der Waals surface area contributed by atoms with Gasteiger partial charge in [-0.15, -0.1) is 0 Å². The minimum atomic E-state index is -3.81. The Morgan fingerprint density at radius 3 is 2.23 bits per heavy atom. The van der Waals surface area contributed by atoms with E-state index < -0.39 is 102 Å². The third-order valence-electron chi connectivity index (χ3n) is 10.8. The Morgan fingerprint density at radius 1 is 1.00 bits per heavy atom. The third-order valence-corrected chi connectivity index (χ3v) is 10.8. The Hall–Kier alpha value is -4.68. The molecule has 0 spiro atoms. The lowest BCUT2D eigenvalue weighted by atomic mass is 9.74. The molecule has 3 rings (SSSR count). The van der Waals surface area contributed by atoms with Crippen molar-refractivity contribution in [1.29, 1.82) is 0 Å². The summed E-state index contributed by atoms with van der Waals surface area (Å²) in [6.07, 6.45) is -4.70. The minimum Gasteiger partial charge on any atom is -0.479 e. The first-order chi connectivity index (χ1) is 28.5. The van der Waals surface area contributed by atoms with Gasteiger partial charge in [0.25, 0.3) is 0 Å². The number of hydrogen-bond donors (Lipinski definition) is 3. The Morgan fingerprint density at radius 2 is 1.66 bits per heavy atom. The highest BCUT2D eigenvalue weighted by molar-refractivity contribution is 5.99. The standard InChI is InChI=1S/C44H62O17/c1-11-26(2)23-27(3)17-18-32(46)59-35-34(47)42(20-19-28(4)33(58-30(6)45)29(5)24-31-15-13-12-14-16-31)60-36(37(48)55-22-21-54-10)43(53,44(35,61-42)38(49)50)40(52)57-25-56-39(51)41(7,8)9/h12-18,26-27,29,33-36,47,53H,4,11,19-25H2,1-3,5-10H3,(H,49,50)/b18-17+/t26-,27+,29+,33+,34+,35+,36?,42?,43?,44?/m0/s1.